The standard InChI is InChI=1S/C15H13Cl3N2O/c1-9-5-6-10(16)7-13(9)20-14(21)8-19-12-4-2-3-11(17)15(12)18/h2-7,19H,8H2,1H3,(H,20,21). The van der Waals surface area contributed by atoms with E-state index < -0.39 is 0 Å². The Labute approximate surface area is 138 Å². The van der Waals surface area contributed by atoms with E-state index in [1.807, 2.05) is 13.0 Å². The number of benzene rings is 2. The first kappa shape index (κ1) is 16.0. The molecule has 2 N–H and O–H groups in total. The molecule has 110 valence electrons. The quantitative estimate of drug-likeness (QED) is 0.819. The van der Waals surface area contributed by atoms with Gasteiger partial charge in [-0.05, 0) is 36.8 Å². The van der Waals surface area contributed by atoms with E-state index in [1.165, 1.54) is 0 Å². The van der Waals surface area contributed by atoms with Crippen LogP contribution in [0, 0.1) is 6.92 Å². The van der Waals surface area contributed by atoms with Crippen LogP contribution in [0.3, 0.4) is 0 Å². The van der Waals surface area contributed by atoms with E-state index in [1.54, 1.807) is 30.3 Å². The van der Waals surface area contributed by atoms with Crippen LogP contribution in [0.25, 0.3) is 0 Å². The van der Waals surface area contributed by atoms with Gasteiger partial charge in [0.15, 0.2) is 0 Å². The minimum Gasteiger partial charge on any atom is -0.375 e. The predicted octanol–water partition coefficient (Wildman–Crippen LogP) is 5.01. The molecule has 0 heterocycles. The third-order valence-electron chi connectivity index (χ3n) is 2.86. The number of carbonyl (C=O) groups is 1. The summed E-state index contributed by atoms with van der Waals surface area (Å²) in [4.78, 5) is 12.0. The van der Waals surface area contributed by atoms with E-state index in [0.29, 0.717) is 26.4 Å². The highest BCUT2D eigenvalue weighted by atomic mass is 35.5. The van der Waals surface area contributed by atoms with Gasteiger partial charge in [0.05, 0.1) is 22.3 Å². The van der Waals surface area contributed by atoms with E-state index in [0.717, 1.165) is 5.56 Å². The number of anilines is 2. The van der Waals surface area contributed by atoms with Gasteiger partial charge < -0.3 is 10.6 Å². The van der Waals surface area contributed by atoms with Gasteiger partial charge in [0.25, 0.3) is 0 Å². The van der Waals surface area contributed by atoms with E-state index in [2.05, 4.69) is 10.6 Å². The van der Waals surface area contributed by atoms with Gasteiger partial charge in [-0.25, -0.2) is 0 Å². The molecule has 0 atom stereocenters. The van der Waals surface area contributed by atoms with Crippen molar-refractivity contribution in [2.45, 2.75) is 6.92 Å². The Hall–Kier alpha value is -1.42. The van der Waals surface area contributed by atoms with Gasteiger partial charge >= 0.3 is 0 Å². The van der Waals surface area contributed by atoms with E-state index >= 15 is 0 Å². The lowest BCUT2D eigenvalue weighted by Gasteiger charge is -2.11. The first-order valence-corrected chi connectivity index (χ1v) is 7.34. The van der Waals surface area contributed by atoms with Gasteiger partial charge in [-0.15, -0.1) is 0 Å². The second-order valence-corrected chi connectivity index (χ2v) is 5.68. The molecule has 6 heteroatoms. The predicted molar refractivity (Wildman–Crippen MR) is 89.8 cm³/mol. The number of hydrogen-bond donors (Lipinski definition) is 2. The van der Waals surface area contributed by atoms with E-state index in [9.17, 15) is 4.79 Å². The smallest absolute Gasteiger partial charge is 0.243 e. The minimum atomic E-state index is -0.198. The highest BCUT2D eigenvalue weighted by molar-refractivity contribution is 6.43. The number of amides is 1. The lowest BCUT2D eigenvalue weighted by atomic mass is 10.2. The molecule has 21 heavy (non-hydrogen) atoms. The molecule has 0 spiro atoms. The van der Waals surface area contributed by atoms with Crippen molar-refractivity contribution in [1.29, 1.82) is 0 Å². The third kappa shape index (κ3) is 4.27. The lowest BCUT2D eigenvalue weighted by molar-refractivity contribution is -0.114. The second kappa shape index (κ2) is 7.03. The number of carbonyl (C=O) groups excluding carboxylic acids is 1. The third-order valence-corrected chi connectivity index (χ3v) is 3.92. The summed E-state index contributed by atoms with van der Waals surface area (Å²) in [7, 11) is 0. The molecule has 2 rings (SSSR count). The molecule has 0 aromatic heterocycles. The van der Waals surface area contributed by atoms with Gasteiger partial charge in [-0.3, -0.25) is 4.79 Å². The van der Waals surface area contributed by atoms with Gasteiger partial charge in [-0.2, -0.15) is 0 Å². The lowest BCUT2D eigenvalue weighted by Crippen LogP contribution is -2.22. The van der Waals surface area contributed by atoms with Crippen molar-refractivity contribution in [1.82, 2.24) is 0 Å². The molecular weight excluding hydrogens is 331 g/mol. The maximum absolute atomic E-state index is 12.0. The van der Waals surface area contributed by atoms with E-state index in [4.69, 9.17) is 34.8 Å². The van der Waals surface area contributed by atoms with Crippen LogP contribution in [0.15, 0.2) is 36.4 Å². The summed E-state index contributed by atoms with van der Waals surface area (Å²) in [5, 5.41) is 7.14. The van der Waals surface area contributed by atoms with Crippen molar-refractivity contribution in [2.24, 2.45) is 0 Å². The number of nitrogens with one attached hydrogen (secondary N) is 2. The molecule has 1 amide bonds. The SMILES string of the molecule is Cc1ccc(Cl)cc1NC(=O)CNc1cccc(Cl)c1Cl. The number of halogens is 3. The van der Waals surface area contributed by atoms with Crippen molar-refractivity contribution in [3.05, 3.63) is 57.0 Å². The van der Waals surface area contributed by atoms with Crippen molar-refractivity contribution in [3.63, 3.8) is 0 Å². The summed E-state index contributed by atoms with van der Waals surface area (Å²) in [6.07, 6.45) is 0. The molecule has 0 saturated heterocycles. The molecular formula is C15H13Cl3N2O. The summed E-state index contributed by atoms with van der Waals surface area (Å²) >= 11 is 17.9. The Kier molecular flexibility index (Phi) is 5.34. The van der Waals surface area contributed by atoms with Crippen LogP contribution in [0.1, 0.15) is 5.56 Å². The number of hydrogen-bond acceptors (Lipinski definition) is 2. The average Bonchev–Trinajstić information content (AvgIpc) is 2.44. The number of rotatable bonds is 4. The fourth-order valence-electron chi connectivity index (χ4n) is 1.74. The molecule has 0 radical (unpaired) electrons. The van der Waals surface area contributed by atoms with E-state index in [-0.39, 0.29) is 12.5 Å². The molecule has 0 unspecified atom stereocenters. The van der Waals surface area contributed by atoms with Crippen LogP contribution in [0.2, 0.25) is 15.1 Å². The Morgan fingerprint density at radius 3 is 2.62 bits per heavy atom. The van der Waals surface area contributed by atoms with Gasteiger partial charge in [0, 0.05) is 10.7 Å². The van der Waals surface area contributed by atoms with Crippen LogP contribution in [-0.2, 0) is 4.79 Å². The molecule has 0 bridgehead atoms. The zero-order valence-corrected chi connectivity index (χ0v) is 13.5. The molecule has 0 aliphatic carbocycles. The summed E-state index contributed by atoms with van der Waals surface area (Å²) < 4.78 is 0. The Bertz CT molecular complexity index is 674. The Morgan fingerprint density at radius 1 is 1.10 bits per heavy atom. The topological polar surface area (TPSA) is 41.1 Å². The largest absolute Gasteiger partial charge is 0.375 e. The van der Waals surface area contributed by atoms with Crippen molar-refractivity contribution in [2.75, 3.05) is 17.2 Å². The highest BCUT2D eigenvalue weighted by Crippen LogP contribution is 2.29. The normalized spacial score (nSPS) is 10.3. The van der Waals surface area contributed by atoms with Gasteiger partial charge in [0.1, 0.15) is 0 Å². The van der Waals surface area contributed by atoms with Crippen molar-refractivity contribution >= 4 is 52.1 Å². The molecule has 0 aliphatic rings. The highest BCUT2D eigenvalue weighted by Gasteiger charge is 2.08. The molecule has 3 nitrogen and oxygen atoms in total. The molecule has 2 aromatic rings. The average molecular weight is 344 g/mol. The second-order valence-electron chi connectivity index (χ2n) is 4.46. The van der Waals surface area contributed by atoms with Crippen LogP contribution < -0.4 is 10.6 Å². The monoisotopic (exact) mass is 342 g/mol. The van der Waals surface area contributed by atoms with Gasteiger partial charge in [0.2, 0.25) is 5.91 Å². The van der Waals surface area contributed by atoms with Crippen LogP contribution in [0.4, 0.5) is 11.4 Å². The zero-order chi connectivity index (χ0) is 15.4. The molecule has 0 fully saturated rings. The first-order valence-electron chi connectivity index (χ1n) is 6.21. The first-order chi connectivity index (χ1) is 9.97. The summed E-state index contributed by atoms with van der Waals surface area (Å²) in [6.45, 7) is 1.97. The zero-order valence-electron chi connectivity index (χ0n) is 11.2. The summed E-state index contributed by atoms with van der Waals surface area (Å²) in [6, 6.07) is 10.5. The fourth-order valence-corrected chi connectivity index (χ4v) is 2.28. The van der Waals surface area contributed by atoms with Crippen molar-refractivity contribution < 1.29 is 4.79 Å². The Balaban J connectivity index is 1.99. The van der Waals surface area contributed by atoms with Crippen molar-refractivity contribution in [3.8, 4) is 0 Å². The van der Waals surface area contributed by atoms with Crippen LogP contribution in [-0.4, -0.2) is 12.5 Å². The minimum absolute atomic E-state index is 0.0754. The molecule has 2 aromatic carbocycles. The maximum atomic E-state index is 12.0. The molecule has 0 aliphatic heterocycles. The maximum Gasteiger partial charge on any atom is 0.243 e. The van der Waals surface area contributed by atoms with Gasteiger partial charge in [-0.1, -0.05) is 46.9 Å². The van der Waals surface area contributed by atoms with Crippen LogP contribution >= 0.6 is 34.8 Å². The summed E-state index contributed by atoms with van der Waals surface area (Å²) in [5.74, 6) is -0.198. The Morgan fingerprint density at radius 2 is 1.86 bits per heavy atom. The number of aryl methyl sites for hydroxylation is 1. The molecule has 0 saturated carbocycles. The van der Waals surface area contributed by atoms with Crippen LogP contribution in [0.5, 0.6) is 0 Å². The fraction of sp³-hybridized carbons (Fsp3) is 0.133. The summed E-state index contributed by atoms with van der Waals surface area (Å²) in [5.41, 5.74) is 2.24.